The van der Waals surface area contributed by atoms with Crippen LogP contribution in [0.25, 0.3) is 0 Å². The minimum Gasteiger partial charge on any atom is -0.381 e. The Balaban J connectivity index is 1.68. The first kappa shape index (κ1) is 16.3. The Hall–Kier alpha value is -0.610. The lowest BCUT2D eigenvalue weighted by atomic mass is 9.54. The lowest BCUT2D eigenvalue weighted by Crippen LogP contribution is -2.66. The largest absolute Gasteiger partial charge is 0.381 e. The van der Waals surface area contributed by atoms with Gasteiger partial charge in [0.1, 0.15) is 0 Å². The molecule has 1 amide bonds. The molecular weight excluding hydrogens is 278 g/mol. The van der Waals surface area contributed by atoms with Crippen molar-refractivity contribution in [2.24, 2.45) is 11.3 Å². The summed E-state index contributed by atoms with van der Waals surface area (Å²) in [5.74, 6) is 0.513. The summed E-state index contributed by atoms with van der Waals surface area (Å²) in [6.07, 6.45) is 9.55. The molecule has 1 spiro atoms. The van der Waals surface area contributed by atoms with Crippen LogP contribution in [0.1, 0.15) is 58.3 Å². The van der Waals surface area contributed by atoms with E-state index < -0.39 is 0 Å². The standard InChI is InChI=1S/C18H31NO3/c1-3-22-16-13-15(18(16)9-5-4-6-10-18)19(2)17(20)14-7-11-21-12-8-14/h14-16H,3-13H2,1-2H3. The molecule has 0 bridgehead atoms. The van der Waals surface area contributed by atoms with E-state index in [1.807, 2.05) is 7.05 Å². The highest BCUT2D eigenvalue weighted by Gasteiger charge is 2.58. The first-order valence-electron chi connectivity index (χ1n) is 9.15. The van der Waals surface area contributed by atoms with E-state index in [1.54, 1.807) is 0 Å². The van der Waals surface area contributed by atoms with E-state index in [-0.39, 0.29) is 11.3 Å². The first-order valence-corrected chi connectivity index (χ1v) is 9.15. The van der Waals surface area contributed by atoms with Crippen LogP contribution in [0.2, 0.25) is 0 Å². The maximum atomic E-state index is 12.9. The minimum absolute atomic E-state index is 0.172. The van der Waals surface area contributed by atoms with Gasteiger partial charge < -0.3 is 14.4 Å². The van der Waals surface area contributed by atoms with Crippen molar-refractivity contribution in [2.45, 2.75) is 70.4 Å². The molecule has 0 aromatic rings. The molecule has 1 saturated heterocycles. The van der Waals surface area contributed by atoms with Crippen molar-refractivity contribution < 1.29 is 14.3 Å². The second kappa shape index (κ2) is 6.88. The van der Waals surface area contributed by atoms with E-state index in [1.165, 1.54) is 32.1 Å². The van der Waals surface area contributed by atoms with E-state index in [2.05, 4.69) is 11.8 Å². The third-order valence-electron chi connectivity index (χ3n) is 6.28. The highest BCUT2D eigenvalue weighted by Crippen LogP contribution is 2.55. The number of carbonyl (C=O) groups excluding carboxylic acids is 1. The van der Waals surface area contributed by atoms with Crippen molar-refractivity contribution in [2.75, 3.05) is 26.9 Å². The van der Waals surface area contributed by atoms with Crippen molar-refractivity contribution in [3.05, 3.63) is 0 Å². The molecule has 3 fully saturated rings. The Morgan fingerprint density at radius 1 is 1.23 bits per heavy atom. The average molecular weight is 309 g/mol. The van der Waals surface area contributed by atoms with Crippen molar-refractivity contribution in [3.8, 4) is 0 Å². The zero-order chi connectivity index (χ0) is 15.6. The van der Waals surface area contributed by atoms with Crippen LogP contribution in [0.3, 0.4) is 0 Å². The summed E-state index contributed by atoms with van der Waals surface area (Å²) in [6.45, 7) is 4.35. The zero-order valence-electron chi connectivity index (χ0n) is 14.2. The van der Waals surface area contributed by atoms with Crippen LogP contribution >= 0.6 is 0 Å². The van der Waals surface area contributed by atoms with Crippen LogP contribution in [-0.4, -0.2) is 49.8 Å². The third-order valence-corrected chi connectivity index (χ3v) is 6.28. The normalized spacial score (nSPS) is 31.7. The molecule has 1 aliphatic heterocycles. The molecule has 4 heteroatoms. The molecule has 2 aliphatic carbocycles. The highest BCUT2D eigenvalue weighted by molar-refractivity contribution is 5.79. The van der Waals surface area contributed by atoms with Gasteiger partial charge in [-0.3, -0.25) is 4.79 Å². The third kappa shape index (κ3) is 2.80. The Bertz CT molecular complexity index is 386. The monoisotopic (exact) mass is 309 g/mol. The summed E-state index contributed by atoms with van der Waals surface area (Å²) >= 11 is 0. The lowest BCUT2D eigenvalue weighted by Gasteiger charge is -2.60. The summed E-state index contributed by atoms with van der Waals surface area (Å²) in [5, 5.41) is 0. The smallest absolute Gasteiger partial charge is 0.225 e. The summed E-state index contributed by atoms with van der Waals surface area (Å²) in [5.41, 5.74) is 0.240. The van der Waals surface area contributed by atoms with E-state index in [4.69, 9.17) is 9.47 Å². The Kier molecular flexibility index (Phi) is 5.08. The van der Waals surface area contributed by atoms with Gasteiger partial charge in [-0.1, -0.05) is 19.3 Å². The van der Waals surface area contributed by atoms with Crippen LogP contribution in [0.4, 0.5) is 0 Å². The number of hydrogen-bond donors (Lipinski definition) is 0. The highest BCUT2D eigenvalue weighted by atomic mass is 16.5. The first-order chi connectivity index (χ1) is 10.7. The van der Waals surface area contributed by atoms with Gasteiger partial charge in [-0.05, 0) is 39.0 Å². The van der Waals surface area contributed by atoms with Crippen molar-refractivity contribution in [3.63, 3.8) is 0 Å². The van der Waals surface area contributed by atoms with Gasteiger partial charge in [-0.15, -0.1) is 0 Å². The number of rotatable bonds is 4. The number of carbonyl (C=O) groups is 1. The van der Waals surface area contributed by atoms with Crippen molar-refractivity contribution in [1.29, 1.82) is 0 Å². The number of ether oxygens (including phenoxy) is 2. The SMILES string of the molecule is CCOC1CC(N(C)C(=O)C2CCOCC2)C12CCCCC2. The van der Waals surface area contributed by atoms with Gasteiger partial charge in [-0.2, -0.15) is 0 Å². The molecule has 3 aliphatic rings. The predicted molar refractivity (Wildman–Crippen MR) is 85.7 cm³/mol. The van der Waals surface area contributed by atoms with Gasteiger partial charge in [0, 0.05) is 44.2 Å². The average Bonchev–Trinajstić information content (AvgIpc) is 2.58. The van der Waals surface area contributed by atoms with E-state index in [0.717, 1.165) is 39.1 Å². The zero-order valence-corrected chi connectivity index (χ0v) is 14.2. The van der Waals surface area contributed by atoms with E-state index in [9.17, 15) is 4.79 Å². The lowest BCUT2D eigenvalue weighted by molar-refractivity contribution is -0.188. The molecule has 0 radical (unpaired) electrons. The maximum Gasteiger partial charge on any atom is 0.225 e. The Labute approximate surface area is 134 Å². The van der Waals surface area contributed by atoms with Gasteiger partial charge in [-0.25, -0.2) is 0 Å². The molecule has 0 N–H and O–H groups in total. The fourth-order valence-electron chi connectivity index (χ4n) is 4.96. The van der Waals surface area contributed by atoms with Gasteiger partial charge in [0.25, 0.3) is 0 Å². The molecule has 126 valence electrons. The molecule has 22 heavy (non-hydrogen) atoms. The number of amides is 1. The predicted octanol–water partition coefficient (Wildman–Crippen LogP) is 3.00. The Morgan fingerprint density at radius 3 is 2.55 bits per heavy atom. The van der Waals surface area contributed by atoms with Crippen LogP contribution < -0.4 is 0 Å². The molecular formula is C18H31NO3. The molecule has 0 aromatic heterocycles. The van der Waals surface area contributed by atoms with Gasteiger partial charge in [0.05, 0.1) is 6.10 Å². The van der Waals surface area contributed by atoms with Gasteiger partial charge >= 0.3 is 0 Å². The van der Waals surface area contributed by atoms with Crippen LogP contribution in [0.5, 0.6) is 0 Å². The molecule has 1 heterocycles. The van der Waals surface area contributed by atoms with Gasteiger partial charge in [0.15, 0.2) is 0 Å². The second-order valence-electron chi connectivity index (χ2n) is 7.33. The summed E-state index contributed by atoms with van der Waals surface area (Å²) in [6, 6.07) is 0.389. The molecule has 2 saturated carbocycles. The van der Waals surface area contributed by atoms with Crippen molar-refractivity contribution >= 4 is 5.91 Å². The Morgan fingerprint density at radius 2 is 1.91 bits per heavy atom. The maximum absolute atomic E-state index is 12.9. The second-order valence-corrected chi connectivity index (χ2v) is 7.33. The molecule has 3 rings (SSSR count). The van der Waals surface area contributed by atoms with E-state index in [0.29, 0.717) is 18.1 Å². The number of nitrogens with zero attached hydrogens (tertiary/aromatic N) is 1. The minimum atomic E-state index is 0.172. The quantitative estimate of drug-likeness (QED) is 0.801. The topological polar surface area (TPSA) is 38.8 Å². The van der Waals surface area contributed by atoms with E-state index >= 15 is 0 Å². The summed E-state index contributed by atoms with van der Waals surface area (Å²) in [4.78, 5) is 14.9. The summed E-state index contributed by atoms with van der Waals surface area (Å²) in [7, 11) is 2.03. The van der Waals surface area contributed by atoms with Gasteiger partial charge in [0.2, 0.25) is 5.91 Å². The fraction of sp³-hybridized carbons (Fsp3) is 0.944. The summed E-state index contributed by atoms with van der Waals surface area (Å²) < 4.78 is 11.4. The fourth-order valence-corrected chi connectivity index (χ4v) is 4.96. The molecule has 2 atom stereocenters. The van der Waals surface area contributed by atoms with Crippen LogP contribution in [0.15, 0.2) is 0 Å². The molecule has 4 nitrogen and oxygen atoms in total. The van der Waals surface area contributed by atoms with Crippen LogP contribution in [-0.2, 0) is 14.3 Å². The van der Waals surface area contributed by atoms with Crippen molar-refractivity contribution in [1.82, 2.24) is 4.90 Å². The number of hydrogen-bond acceptors (Lipinski definition) is 3. The van der Waals surface area contributed by atoms with Crippen LogP contribution in [0, 0.1) is 11.3 Å². The molecule has 0 aromatic carbocycles. The molecule has 2 unspecified atom stereocenters.